The molecule has 7 heteroatoms. The Kier molecular flexibility index (Phi) is 4.59. The minimum absolute atomic E-state index is 0.159. The Morgan fingerprint density at radius 2 is 2.24 bits per heavy atom. The van der Waals surface area contributed by atoms with Crippen molar-refractivity contribution in [2.45, 2.75) is 24.9 Å². The van der Waals surface area contributed by atoms with Crippen molar-refractivity contribution in [1.82, 2.24) is 19.2 Å². The van der Waals surface area contributed by atoms with E-state index in [-0.39, 0.29) is 5.56 Å². The molecule has 0 radical (unpaired) electrons. The fourth-order valence-electron chi connectivity index (χ4n) is 3.08. The molecule has 1 saturated heterocycles. The van der Waals surface area contributed by atoms with Crippen molar-refractivity contribution in [1.29, 1.82) is 0 Å². The third-order valence-electron chi connectivity index (χ3n) is 4.42. The number of fused-ring (bicyclic) bond motifs is 1. The molecule has 1 atom stereocenters. The number of aryl methyl sites for hydroxylation is 1. The van der Waals surface area contributed by atoms with Crippen molar-refractivity contribution < 1.29 is 4.74 Å². The van der Waals surface area contributed by atoms with Gasteiger partial charge in [0.15, 0.2) is 5.16 Å². The Balaban J connectivity index is 1.62. The zero-order valence-electron chi connectivity index (χ0n) is 14.1. The third kappa shape index (κ3) is 3.34. The molecule has 4 rings (SSSR count). The van der Waals surface area contributed by atoms with Crippen LogP contribution in [0.3, 0.4) is 0 Å². The summed E-state index contributed by atoms with van der Waals surface area (Å²) in [6, 6.07) is 7.85. The third-order valence-corrected chi connectivity index (χ3v) is 5.60. The summed E-state index contributed by atoms with van der Waals surface area (Å²) < 4.78 is 8.92. The lowest BCUT2D eigenvalue weighted by atomic mass is 10.1. The van der Waals surface area contributed by atoms with Gasteiger partial charge in [-0.1, -0.05) is 23.9 Å². The molecule has 6 nitrogen and oxygen atoms in total. The Hall–Kier alpha value is -2.12. The second kappa shape index (κ2) is 7.01. The largest absolute Gasteiger partial charge is 0.381 e. The van der Waals surface area contributed by atoms with Crippen LogP contribution in [0.1, 0.15) is 18.4 Å². The maximum atomic E-state index is 12.8. The highest BCUT2D eigenvalue weighted by molar-refractivity contribution is 7.99. The van der Waals surface area contributed by atoms with Crippen LogP contribution in [0.4, 0.5) is 0 Å². The minimum Gasteiger partial charge on any atom is -0.381 e. The summed E-state index contributed by atoms with van der Waals surface area (Å²) in [4.78, 5) is 12.8. The van der Waals surface area contributed by atoms with Crippen LogP contribution in [0.2, 0.25) is 0 Å². The number of aromatic nitrogens is 4. The average molecular weight is 356 g/mol. The van der Waals surface area contributed by atoms with E-state index in [2.05, 4.69) is 10.2 Å². The fraction of sp³-hybridized carbons (Fsp3) is 0.389. The molecular weight excluding hydrogens is 336 g/mol. The highest BCUT2D eigenvalue weighted by Gasteiger charge is 2.17. The molecule has 3 heterocycles. The van der Waals surface area contributed by atoms with Gasteiger partial charge in [-0.05, 0) is 43.4 Å². The Labute approximate surface area is 149 Å². The van der Waals surface area contributed by atoms with Crippen LogP contribution in [0.5, 0.6) is 0 Å². The lowest BCUT2D eigenvalue weighted by Crippen LogP contribution is -2.20. The second-order valence-corrected chi connectivity index (χ2v) is 7.37. The Morgan fingerprint density at radius 1 is 1.32 bits per heavy atom. The number of hydrogen-bond donors (Lipinski definition) is 0. The van der Waals surface area contributed by atoms with Gasteiger partial charge in [-0.15, -0.1) is 10.2 Å². The molecule has 3 aromatic rings. The molecule has 0 amide bonds. The number of ether oxygens (including phenoxy) is 1. The maximum Gasteiger partial charge on any atom is 0.300 e. The summed E-state index contributed by atoms with van der Waals surface area (Å²) in [7, 11) is 0. The monoisotopic (exact) mass is 356 g/mol. The predicted octanol–water partition coefficient (Wildman–Crippen LogP) is 2.71. The van der Waals surface area contributed by atoms with Crippen LogP contribution in [0.15, 0.2) is 46.6 Å². The first-order valence-corrected chi connectivity index (χ1v) is 9.45. The van der Waals surface area contributed by atoms with Crippen molar-refractivity contribution in [3.63, 3.8) is 0 Å². The van der Waals surface area contributed by atoms with E-state index < -0.39 is 0 Å². The van der Waals surface area contributed by atoms with E-state index >= 15 is 0 Å². The first-order chi connectivity index (χ1) is 12.2. The molecule has 0 N–H and O–H groups in total. The summed E-state index contributed by atoms with van der Waals surface area (Å²) in [5.74, 6) is 1.47. The van der Waals surface area contributed by atoms with Crippen molar-refractivity contribution in [3.05, 3.63) is 52.6 Å². The Morgan fingerprint density at radius 3 is 3.04 bits per heavy atom. The van der Waals surface area contributed by atoms with E-state index in [4.69, 9.17) is 4.74 Å². The molecule has 1 unspecified atom stereocenters. The second-order valence-electron chi connectivity index (χ2n) is 6.38. The number of thioether (sulfide) groups is 1. The quantitative estimate of drug-likeness (QED) is 0.673. The van der Waals surface area contributed by atoms with Crippen LogP contribution in [-0.4, -0.2) is 38.1 Å². The van der Waals surface area contributed by atoms with Crippen LogP contribution < -0.4 is 5.56 Å². The van der Waals surface area contributed by atoms with Crippen LogP contribution in [0.25, 0.3) is 11.3 Å². The van der Waals surface area contributed by atoms with Gasteiger partial charge in [0.1, 0.15) is 0 Å². The standard InChI is InChI=1S/C18H20N4O2S/c1-13-4-2-6-15(10-13)21-7-8-22-16(17(21)23)19-20-18(22)25-12-14-5-3-9-24-11-14/h2,4,6-8,10,14H,3,5,9,11-12H2,1H3. The molecule has 1 aliphatic heterocycles. The highest BCUT2D eigenvalue weighted by atomic mass is 32.2. The topological polar surface area (TPSA) is 61.4 Å². The van der Waals surface area contributed by atoms with Gasteiger partial charge in [0.05, 0.1) is 6.61 Å². The first kappa shape index (κ1) is 16.4. The van der Waals surface area contributed by atoms with Gasteiger partial charge in [0.2, 0.25) is 5.65 Å². The summed E-state index contributed by atoms with van der Waals surface area (Å²) in [5, 5.41) is 9.09. The van der Waals surface area contributed by atoms with E-state index in [0.717, 1.165) is 41.8 Å². The smallest absolute Gasteiger partial charge is 0.300 e. The van der Waals surface area contributed by atoms with E-state index in [1.807, 2.05) is 37.4 Å². The lowest BCUT2D eigenvalue weighted by Gasteiger charge is -2.20. The van der Waals surface area contributed by atoms with E-state index in [0.29, 0.717) is 11.6 Å². The van der Waals surface area contributed by atoms with Gasteiger partial charge in [-0.3, -0.25) is 13.8 Å². The summed E-state index contributed by atoms with van der Waals surface area (Å²) in [6.45, 7) is 3.69. The number of hydrogen-bond acceptors (Lipinski definition) is 5. The highest BCUT2D eigenvalue weighted by Crippen LogP contribution is 2.23. The zero-order chi connectivity index (χ0) is 17.2. The van der Waals surface area contributed by atoms with Crippen LogP contribution >= 0.6 is 11.8 Å². The molecule has 0 bridgehead atoms. The van der Waals surface area contributed by atoms with Crippen molar-refractivity contribution in [2.75, 3.05) is 19.0 Å². The summed E-state index contributed by atoms with van der Waals surface area (Å²) in [5.41, 5.74) is 2.14. The van der Waals surface area contributed by atoms with Gasteiger partial charge in [0.25, 0.3) is 0 Å². The number of benzene rings is 1. The molecule has 1 aromatic carbocycles. The lowest BCUT2D eigenvalue weighted by molar-refractivity contribution is 0.0632. The Bertz CT molecular complexity index is 944. The van der Waals surface area contributed by atoms with Gasteiger partial charge < -0.3 is 4.74 Å². The van der Waals surface area contributed by atoms with Crippen molar-refractivity contribution in [2.24, 2.45) is 5.92 Å². The summed E-state index contributed by atoms with van der Waals surface area (Å²) in [6.07, 6.45) is 5.94. The molecule has 1 fully saturated rings. The van der Waals surface area contributed by atoms with Gasteiger partial charge in [-0.2, -0.15) is 0 Å². The molecular formula is C18H20N4O2S. The van der Waals surface area contributed by atoms with Crippen LogP contribution in [0, 0.1) is 12.8 Å². The van der Waals surface area contributed by atoms with Crippen molar-refractivity contribution >= 4 is 17.4 Å². The molecule has 25 heavy (non-hydrogen) atoms. The van der Waals surface area contributed by atoms with Gasteiger partial charge in [0, 0.05) is 30.4 Å². The molecule has 0 saturated carbocycles. The maximum absolute atomic E-state index is 12.8. The fourth-order valence-corrected chi connectivity index (χ4v) is 4.11. The van der Waals surface area contributed by atoms with Gasteiger partial charge >= 0.3 is 5.56 Å². The van der Waals surface area contributed by atoms with Gasteiger partial charge in [-0.25, -0.2) is 0 Å². The zero-order valence-corrected chi connectivity index (χ0v) is 14.9. The number of rotatable bonds is 4. The SMILES string of the molecule is Cc1cccc(-n2ccn3c(SCC4CCCOC4)nnc3c2=O)c1. The normalized spacial score (nSPS) is 17.9. The number of nitrogens with zero attached hydrogens (tertiary/aromatic N) is 4. The van der Waals surface area contributed by atoms with E-state index in [9.17, 15) is 4.79 Å². The summed E-state index contributed by atoms with van der Waals surface area (Å²) >= 11 is 1.64. The van der Waals surface area contributed by atoms with E-state index in [1.165, 1.54) is 6.42 Å². The molecule has 2 aromatic heterocycles. The molecule has 0 spiro atoms. The molecule has 0 aliphatic carbocycles. The molecule has 1 aliphatic rings. The van der Waals surface area contributed by atoms with E-state index in [1.54, 1.807) is 26.9 Å². The first-order valence-electron chi connectivity index (χ1n) is 8.46. The van der Waals surface area contributed by atoms with Crippen molar-refractivity contribution in [3.8, 4) is 5.69 Å². The van der Waals surface area contributed by atoms with Crippen LogP contribution in [-0.2, 0) is 4.74 Å². The molecule has 130 valence electrons. The minimum atomic E-state index is -0.159. The predicted molar refractivity (Wildman–Crippen MR) is 97.6 cm³/mol. The average Bonchev–Trinajstić information content (AvgIpc) is 3.05.